The summed E-state index contributed by atoms with van der Waals surface area (Å²) in [6.07, 6.45) is 7.69. The number of para-hydroxylation sites is 1. The summed E-state index contributed by atoms with van der Waals surface area (Å²) in [5.74, 6) is 0.386. The molecule has 0 saturated carbocycles. The van der Waals surface area contributed by atoms with E-state index in [1.165, 1.54) is 35.5 Å². The van der Waals surface area contributed by atoms with Gasteiger partial charge in [0.1, 0.15) is 5.75 Å². The number of ketones is 1. The van der Waals surface area contributed by atoms with Gasteiger partial charge in [0.05, 0.1) is 17.5 Å². The number of carbonyl (C=O) groups excluding carboxylic acids is 1. The van der Waals surface area contributed by atoms with Crippen LogP contribution in [-0.4, -0.2) is 30.3 Å². The summed E-state index contributed by atoms with van der Waals surface area (Å²) in [6, 6.07) is 16.6. The smallest absolute Gasteiger partial charge is 0.268 e. The van der Waals surface area contributed by atoms with Gasteiger partial charge in [0.15, 0.2) is 5.78 Å². The zero-order chi connectivity index (χ0) is 21.1. The molecule has 0 fully saturated rings. The molecule has 7 heteroatoms. The van der Waals surface area contributed by atoms with E-state index >= 15 is 0 Å². The van der Waals surface area contributed by atoms with Crippen LogP contribution < -0.4 is 4.74 Å². The standard InChI is InChI=1S/C23H18N2O4S/c1-29-19-7-9-20(10-8-19)30(27,28)25-16-18(21-4-2-3-5-22(21)25)6-11-23(26)17-12-14-24-15-13-17/h2-16H,1H3/b11-6+. The molecule has 2 aromatic carbocycles. The number of pyridine rings is 1. The number of carbonyl (C=O) groups is 1. The third-order valence-corrected chi connectivity index (χ3v) is 6.39. The zero-order valence-corrected chi connectivity index (χ0v) is 16.9. The molecule has 0 spiro atoms. The minimum absolute atomic E-state index is 0.146. The largest absolute Gasteiger partial charge is 0.497 e. The first kappa shape index (κ1) is 19.6. The maximum atomic E-state index is 13.2. The third kappa shape index (κ3) is 3.62. The van der Waals surface area contributed by atoms with Crippen molar-refractivity contribution in [3.63, 3.8) is 0 Å². The molecule has 2 heterocycles. The van der Waals surface area contributed by atoms with E-state index in [0.717, 1.165) is 5.39 Å². The van der Waals surface area contributed by atoms with E-state index in [0.29, 0.717) is 22.4 Å². The van der Waals surface area contributed by atoms with E-state index in [1.807, 2.05) is 12.1 Å². The summed E-state index contributed by atoms with van der Waals surface area (Å²) in [7, 11) is -2.30. The quantitative estimate of drug-likeness (QED) is 0.347. The number of hydrogen-bond acceptors (Lipinski definition) is 5. The maximum absolute atomic E-state index is 13.2. The number of allylic oxidation sites excluding steroid dienone is 1. The number of benzene rings is 2. The molecule has 0 atom stereocenters. The fraction of sp³-hybridized carbons (Fsp3) is 0.0435. The van der Waals surface area contributed by atoms with Gasteiger partial charge in [-0.15, -0.1) is 0 Å². The number of rotatable bonds is 6. The highest BCUT2D eigenvalue weighted by Gasteiger charge is 2.20. The van der Waals surface area contributed by atoms with Crippen LogP contribution >= 0.6 is 0 Å². The second kappa shape index (κ2) is 7.96. The Morgan fingerprint density at radius 2 is 1.70 bits per heavy atom. The van der Waals surface area contributed by atoms with Gasteiger partial charge in [-0.3, -0.25) is 9.78 Å². The molecule has 0 aliphatic carbocycles. The fourth-order valence-electron chi connectivity index (χ4n) is 3.15. The van der Waals surface area contributed by atoms with Crippen LogP contribution in [0.3, 0.4) is 0 Å². The van der Waals surface area contributed by atoms with E-state index in [2.05, 4.69) is 4.98 Å². The van der Waals surface area contributed by atoms with Crippen molar-refractivity contribution in [1.82, 2.24) is 8.96 Å². The summed E-state index contributed by atoms with van der Waals surface area (Å²) in [5.41, 5.74) is 1.67. The van der Waals surface area contributed by atoms with Crippen molar-refractivity contribution in [3.8, 4) is 5.75 Å². The van der Waals surface area contributed by atoms with Crippen LogP contribution in [-0.2, 0) is 10.0 Å². The van der Waals surface area contributed by atoms with Crippen molar-refractivity contribution in [2.45, 2.75) is 4.90 Å². The monoisotopic (exact) mass is 418 g/mol. The van der Waals surface area contributed by atoms with Gasteiger partial charge in [0.25, 0.3) is 10.0 Å². The van der Waals surface area contributed by atoms with Gasteiger partial charge >= 0.3 is 0 Å². The molecule has 0 unspecified atom stereocenters. The van der Waals surface area contributed by atoms with Crippen LogP contribution in [0.15, 0.2) is 90.2 Å². The second-order valence-corrected chi connectivity index (χ2v) is 8.33. The zero-order valence-electron chi connectivity index (χ0n) is 16.1. The van der Waals surface area contributed by atoms with Crippen LogP contribution in [0.4, 0.5) is 0 Å². The Morgan fingerprint density at radius 3 is 2.40 bits per heavy atom. The topological polar surface area (TPSA) is 78.3 Å². The van der Waals surface area contributed by atoms with Gasteiger partial charge < -0.3 is 4.74 Å². The summed E-state index contributed by atoms with van der Waals surface area (Å²) in [4.78, 5) is 16.4. The molecule has 6 nitrogen and oxygen atoms in total. The van der Waals surface area contributed by atoms with E-state index in [1.54, 1.807) is 54.9 Å². The highest BCUT2D eigenvalue weighted by Crippen LogP contribution is 2.27. The highest BCUT2D eigenvalue weighted by atomic mass is 32.2. The van der Waals surface area contributed by atoms with Crippen molar-refractivity contribution in [3.05, 3.63) is 96.5 Å². The van der Waals surface area contributed by atoms with Crippen LogP contribution in [0.5, 0.6) is 5.75 Å². The molecule has 0 bridgehead atoms. The van der Waals surface area contributed by atoms with E-state index in [9.17, 15) is 13.2 Å². The molecule has 30 heavy (non-hydrogen) atoms. The Morgan fingerprint density at radius 1 is 1.00 bits per heavy atom. The molecule has 4 rings (SSSR count). The normalized spacial score (nSPS) is 11.8. The lowest BCUT2D eigenvalue weighted by Gasteiger charge is -2.08. The van der Waals surface area contributed by atoms with Gasteiger partial charge in [-0.2, -0.15) is 0 Å². The van der Waals surface area contributed by atoms with Crippen molar-refractivity contribution in [2.24, 2.45) is 0 Å². The lowest BCUT2D eigenvalue weighted by atomic mass is 10.1. The number of aromatic nitrogens is 2. The average molecular weight is 418 g/mol. The molecule has 0 aliphatic heterocycles. The first-order valence-corrected chi connectivity index (χ1v) is 10.6. The lowest BCUT2D eigenvalue weighted by molar-refractivity contribution is 0.104. The Labute approximate surface area is 174 Å². The van der Waals surface area contributed by atoms with Crippen molar-refractivity contribution >= 4 is 32.8 Å². The summed E-state index contributed by atoms with van der Waals surface area (Å²) in [6.45, 7) is 0. The van der Waals surface area contributed by atoms with Crippen LogP contribution in [0, 0.1) is 0 Å². The van der Waals surface area contributed by atoms with Crippen LogP contribution in [0.2, 0.25) is 0 Å². The van der Waals surface area contributed by atoms with E-state index < -0.39 is 10.0 Å². The predicted molar refractivity (Wildman–Crippen MR) is 115 cm³/mol. The molecule has 0 aliphatic rings. The van der Waals surface area contributed by atoms with Gasteiger partial charge in [-0.25, -0.2) is 12.4 Å². The SMILES string of the molecule is COc1ccc(S(=O)(=O)n2cc(/C=C/C(=O)c3ccncc3)c3ccccc32)cc1. The average Bonchev–Trinajstić information content (AvgIpc) is 3.17. The first-order chi connectivity index (χ1) is 14.5. The Kier molecular flexibility index (Phi) is 5.20. The van der Waals surface area contributed by atoms with Crippen molar-refractivity contribution in [2.75, 3.05) is 7.11 Å². The molecule has 0 saturated heterocycles. The molecule has 0 amide bonds. The number of methoxy groups -OCH3 is 1. The third-order valence-electron chi connectivity index (χ3n) is 4.70. The Hall–Kier alpha value is -3.71. The fourth-order valence-corrected chi connectivity index (χ4v) is 4.52. The Bertz CT molecular complexity index is 1340. The van der Waals surface area contributed by atoms with Crippen molar-refractivity contribution < 1.29 is 17.9 Å². The maximum Gasteiger partial charge on any atom is 0.268 e. The predicted octanol–water partition coefficient (Wildman–Crippen LogP) is 4.18. The van der Waals surface area contributed by atoms with Gasteiger partial charge in [0, 0.05) is 35.1 Å². The van der Waals surface area contributed by atoms with Gasteiger partial charge in [-0.05, 0) is 54.6 Å². The first-order valence-electron chi connectivity index (χ1n) is 9.13. The summed E-state index contributed by atoms with van der Waals surface area (Å²) >= 11 is 0. The minimum atomic E-state index is -3.83. The second-order valence-electron chi connectivity index (χ2n) is 6.51. The number of fused-ring (bicyclic) bond motifs is 1. The van der Waals surface area contributed by atoms with Crippen molar-refractivity contribution in [1.29, 1.82) is 0 Å². The van der Waals surface area contributed by atoms with E-state index in [4.69, 9.17) is 4.74 Å². The molecule has 0 N–H and O–H groups in total. The van der Waals surface area contributed by atoms with Crippen LogP contribution in [0.25, 0.3) is 17.0 Å². The summed E-state index contributed by atoms with van der Waals surface area (Å²) < 4.78 is 32.8. The van der Waals surface area contributed by atoms with E-state index in [-0.39, 0.29) is 10.7 Å². The Balaban J connectivity index is 1.77. The molecular formula is C23H18N2O4S. The minimum Gasteiger partial charge on any atom is -0.497 e. The molecule has 2 aromatic heterocycles. The van der Waals surface area contributed by atoms with Gasteiger partial charge in [0.2, 0.25) is 0 Å². The number of hydrogen-bond donors (Lipinski definition) is 0. The van der Waals surface area contributed by atoms with Gasteiger partial charge in [-0.1, -0.05) is 18.2 Å². The molecule has 0 radical (unpaired) electrons. The summed E-state index contributed by atoms with van der Waals surface area (Å²) in [5, 5.41) is 0.730. The molecular weight excluding hydrogens is 400 g/mol. The van der Waals surface area contributed by atoms with Crippen LogP contribution in [0.1, 0.15) is 15.9 Å². The molecule has 4 aromatic rings. The number of nitrogens with zero attached hydrogens (tertiary/aromatic N) is 2. The number of ether oxygens (including phenoxy) is 1. The molecule has 150 valence electrons. The highest BCUT2D eigenvalue weighted by molar-refractivity contribution is 7.90. The lowest BCUT2D eigenvalue weighted by Crippen LogP contribution is -2.11.